The lowest BCUT2D eigenvalue weighted by atomic mass is 10.1. The van der Waals surface area contributed by atoms with Crippen LogP contribution in [-0.4, -0.2) is 41.0 Å². The molecule has 1 amide bonds. The van der Waals surface area contributed by atoms with Crippen LogP contribution in [0, 0.1) is 10.1 Å². The maximum atomic E-state index is 12.2. The molecule has 0 unspecified atom stereocenters. The Labute approximate surface area is 122 Å². The van der Waals surface area contributed by atoms with E-state index in [-0.39, 0.29) is 22.9 Å². The summed E-state index contributed by atoms with van der Waals surface area (Å²) in [5, 5.41) is 19.6. The Hall–Kier alpha value is -1.66. The van der Waals surface area contributed by atoms with Crippen molar-refractivity contribution in [1.29, 1.82) is 0 Å². The standard InChI is InChI=1S/C13H17ClN2O4/c1-15(8-3-2-4-9-17)13(18)10-6-5-7-11(14)12(10)16(19)20/h5-7,17H,2-4,8-9H2,1H3. The fraction of sp³-hybridized carbons (Fsp3) is 0.462. The number of unbranched alkanes of at least 4 members (excludes halogenated alkanes) is 2. The summed E-state index contributed by atoms with van der Waals surface area (Å²) in [6.07, 6.45) is 2.21. The van der Waals surface area contributed by atoms with E-state index < -0.39 is 10.8 Å². The highest BCUT2D eigenvalue weighted by Crippen LogP contribution is 2.28. The van der Waals surface area contributed by atoms with Gasteiger partial charge >= 0.3 is 5.69 Å². The van der Waals surface area contributed by atoms with E-state index in [0.29, 0.717) is 13.0 Å². The number of nitro groups is 1. The summed E-state index contributed by atoms with van der Waals surface area (Å²) in [4.78, 5) is 24.0. The van der Waals surface area contributed by atoms with Crippen LogP contribution < -0.4 is 0 Å². The molecule has 0 spiro atoms. The molecule has 1 rings (SSSR count). The first-order chi connectivity index (χ1) is 9.49. The van der Waals surface area contributed by atoms with Crippen molar-refractivity contribution in [2.45, 2.75) is 19.3 Å². The lowest BCUT2D eigenvalue weighted by Crippen LogP contribution is -2.28. The lowest BCUT2D eigenvalue weighted by molar-refractivity contribution is -0.385. The highest BCUT2D eigenvalue weighted by Gasteiger charge is 2.25. The minimum absolute atomic E-state index is 0.00726. The molecule has 6 nitrogen and oxygen atoms in total. The van der Waals surface area contributed by atoms with Gasteiger partial charge in [0.15, 0.2) is 0 Å². The van der Waals surface area contributed by atoms with Gasteiger partial charge in [0.25, 0.3) is 5.91 Å². The highest BCUT2D eigenvalue weighted by molar-refractivity contribution is 6.33. The zero-order valence-corrected chi connectivity index (χ0v) is 12.0. The number of para-hydroxylation sites is 1. The predicted octanol–water partition coefficient (Wildman–Crippen LogP) is 2.48. The molecule has 20 heavy (non-hydrogen) atoms. The third kappa shape index (κ3) is 4.18. The largest absolute Gasteiger partial charge is 0.396 e. The monoisotopic (exact) mass is 300 g/mol. The molecule has 0 saturated carbocycles. The molecule has 0 radical (unpaired) electrons. The molecule has 7 heteroatoms. The number of carbonyl (C=O) groups is 1. The summed E-state index contributed by atoms with van der Waals surface area (Å²) in [6, 6.07) is 4.30. The van der Waals surface area contributed by atoms with E-state index >= 15 is 0 Å². The third-order valence-corrected chi connectivity index (χ3v) is 3.20. The summed E-state index contributed by atoms with van der Waals surface area (Å²) in [6.45, 7) is 0.597. The van der Waals surface area contributed by atoms with E-state index in [9.17, 15) is 14.9 Å². The second-order valence-corrected chi connectivity index (χ2v) is 4.81. The number of nitro benzene ring substituents is 1. The normalized spacial score (nSPS) is 10.3. The molecule has 0 aromatic heterocycles. The van der Waals surface area contributed by atoms with Gasteiger partial charge in [0.05, 0.1) is 4.92 Å². The first kappa shape index (κ1) is 16.4. The van der Waals surface area contributed by atoms with Gasteiger partial charge in [-0.25, -0.2) is 0 Å². The van der Waals surface area contributed by atoms with Crippen molar-refractivity contribution in [3.8, 4) is 0 Å². The van der Waals surface area contributed by atoms with Crippen LogP contribution in [0.4, 0.5) is 5.69 Å². The smallest absolute Gasteiger partial charge is 0.300 e. The Morgan fingerprint density at radius 1 is 1.40 bits per heavy atom. The van der Waals surface area contributed by atoms with Gasteiger partial charge in [0.1, 0.15) is 10.6 Å². The minimum atomic E-state index is -0.644. The van der Waals surface area contributed by atoms with Gasteiger partial charge in [0, 0.05) is 20.2 Å². The number of rotatable bonds is 7. The Balaban J connectivity index is 2.81. The third-order valence-electron chi connectivity index (χ3n) is 2.90. The van der Waals surface area contributed by atoms with Crippen LogP contribution >= 0.6 is 11.6 Å². The average molecular weight is 301 g/mol. The molecule has 0 fully saturated rings. The molecule has 0 heterocycles. The van der Waals surface area contributed by atoms with Crippen molar-refractivity contribution >= 4 is 23.2 Å². The quantitative estimate of drug-likeness (QED) is 0.476. The van der Waals surface area contributed by atoms with Gasteiger partial charge in [-0.05, 0) is 31.4 Å². The molecule has 0 atom stereocenters. The molecule has 0 bridgehead atoms. The SMILES string of the molecule is CN(CCCCCO)C(=O)c1cccc(Cl)c1[N+](=O)[O-]. The van der Waals surface area contributed by atoms with E-state index in [1.54, 1.807) is 7.05 Å². The average Bonchev–Trinajstić information content (AvgIpc) is 2.41. The van der Waals surface area contributed by atoms with Crippen LogP contribution in [0.5, 0.6) is 0 Å². The lowest BCUT2D eigenvalue weighted by Gasteiger charge is -2.17. The van der Waals surface area contributed by atoms with Crippen LogP contribution in [0.15, 0.2) is 18.2 Å². The van der Waals surface area contributed by atoms with Gasteiger partial charge in [-0.3, -0.25) is 14.9 Å². The van der Waals surface area contributed by atoms with E-state index in [1.165, 1.54) is 23.1 Å². The highest BCUT2D eigenvalue weighted by atomic mass is 35.5. The molecule has 1 N–H and O–H groups in total. The Morgan fingerprint density at radius 2 is 2.10 bits per heavy atom. The summed E-state index contributed by atoms with van der Waals surface area (Å²) in [7, 11) is 1.59. The van der Waals surface area contributed by atoms with E-state index in [0.717, 1.165) is 12.8 Å². The van der Waals surface area contributed by atoms with Gasteiger partial charge in [-0.1, -0.05) is 17.7 Å². The van der Waals surface area contributed by atoms with Gasteiger partial charge in [0.2, 0.25) is 0 Å². The van der Waals surface area contributed by atoms with Gasteiger partial charge in [-0.15, -0.1) is 0 Å². The molecular formula is C13H17ClN2O4. The van der Waals surface area contributed by atoms with Crippen LogP contribution in [0.3, 0.4) is 0 Å². The maximum Gasteiger partial charge on any atom is 0.300 e. The van der Waals surface area contributed by atoms with Crippen molar-refractivity contribution in [3.05, 3.63) is 38.9 Å². The summed E-state index contributed by atoms with van der Waals surface area (Å²) >= 11 is 5.78. The Morgan fingerprint density at radius 3 is 2.70 bits per heavy atom. The Bertz CT molecular complexity index is 493. The van der Waals surface area contributed by atoms with Crippen molar-refractivity contribution in [2.24, 2.45) is 0 Å². The van der Waals surface area contributed by atoms with Crippen LogP contribution in [-0.2, 0) is 0 Å². The molecule has 110 valence electrons. The molecule has 0 aliphatic rings. The van der Waals surface area contributed by atoms with Crippen molar-refractivity contribution in [2.75, 3.05) is 20.2 Å². The molecule has 0 saturated heterocycles. The van der Waals surface area contributed by atoms with Crippen molar-refractivity contribution in [3.63, 3.8) is 0 Å². The number of halogens is 1. The van der Waals surface area contributed by atoms with E-state index in [2.05, 4.69) is 0 Å². The number of benzene rings is 1. The molecule has 1 aromatic rings. The summed E-state index contributed by atoms with van der Waals surface area (Å²) < 4.78 is 0. The van der Waals surface area contributed by atoms with Crippen molar-refractivity contribution in [1.82, 2.24) is 4.90 Å². The van der Waals surface area contributed by atoms with Crippen molar-refractivity contribution < 1.29 is 14.8 Å². The molecule has 1 aromatic carbocycles. The first-order valence-corrected chi connectivity index (χ1v) is 6.66. The number of hydrogen-bond donors (Lipinski definition) is 1. The van der Waals surface area contributed by atoms with Crippen LogP contribution in [0.25, 0.3) is 0 Å². The summed E-state index contributed by atoms with van der Waals surface area (Å²) in [5.41, 5.74) is -0.367. The van der Waals surface area contributed by atoms with E-state index in [4.69, 9.17) is 16.7 Å². The molecule has 0 aliphatic heterocycles. The van der Waals surface area contributed by atoms with Crippen LogP contribution in [0.1, 0.15) is 29.6 Å². The summed E-state index contributed by atoms with van der Waals surface area (Å²) in [5.74, 6) is -0.428. The zero-order chi connectivity index (χ0) is 15.1. The molecular weight excluding hydrogens is 284 g/mol. The second kappa shape index (κ2) is 7.81. The number of aliphatic hydroxyl groups is 1. The number of hydrogen-bond acceptors (Lipinski definition) is 4. The number of nitrogens with zero attached hydrogens (tertiary/aromatic N) is 2. The van der Waals surface area contributed by atoms with Crippen LogP contribution in [0.2, 0.25) is 5.02 Å². The maximum absolute atomic E-state index is 12.2. The number of carbonyl (C=O) groups excluding carboxylic acids is 1. The predicted molar refractivity (Wildman–Crippen MR) is 76.0 cm³/mol. The first-order valence-electron chi connectivity index (χ1n) is 6.28. The fourth-order valence-electron chi connectivity index (χ4n) is 1.82. The van der Waals surface area contributed by atoms with Gasteiger partial charge < -0.3 is 10.0 Å². The second-order valence-electron chi connectivity index (χ2n) is 4.40. The Kier molecular flexibility index (Phi) is 6.41. The molecule has 0 aliphatic carbocycles. The fourth-order valence-corrected chi connectivity index (χ4v) is 2.06. The number of amides is 1. The van der Waals surface area contributed by atoms with E-state index in [1.807, 2.05) is 0 Å². The van der Waals surface area contributed by atoms with Gasteiger partial charge in [-0.2, -0.15) is 0 Å². The number of aliphatic hydroxyl groups excluding tert-OH is 1. The topological polar surface area (TPSA) is 83.7 Å². The minimum Gasteiger partial charge on any atom is -0.396 e. The zero-order valence-electron chi connectivity index (χ0n) is 11.2.